The molecule has 0 unspecified atom stereocenters. The number of ether oxygens (including phenoxy) is 1. The van der Waals surface area contributed by atoms with E-state index in [0.29, 0.717) is 18.0 Å². The highest BCUT2D eigenvalue weighted by atomic mass is 32.1. The standard InChI is InChI=1S/C12H14N2O2S2/c1-12(3-5-16-6-4-12)14-10(15)8-2-7-18-9(8)13-11(14)17/h2,7H,3-6H2,1H3,(H,13,17). The molecule has 1 saturated heterocycles. The molecule has 0 radical (unpaired) electrons. The molecule has 1 aliphatic heterocycles. The van der Waals surface area contributed by atoms with Crippen molar-refractivity contribution in [1.29, 1.82) is 0 Å². The largest absolute Gasteiger partial charge is 0.381 e. The second-order valence-electron chi connectivity index (χ2n) is 4.84. The van der Waals surface area contributed by atoms with Gasteiger partial charge in [-0.1, -0.05) is 0 Å². The smallest absolute Gasteiger partial charge is 0.263 e. The highest BCUT2D eigenvalue weighted by Gasteiger charge is 2.31. The van der Waals surface area contributed by atoms with E-state index in [0.717, 1.165) is 23.1 Å². The average molecular weight is 282 g/mol. The molecular formula is C12H14N2O2S2. The zero-order valence-corrected chi connectivity index (χ0v) is 11.7. The lowest BCUT2D eigenvalue weighted by molar-refractivity contribution is 0.0272. The zero-order chi connectivity index (χ0) is 12.8. The van der Waals surface area contributed by atoms with Crippen molar-refractivity contribution in [3.63, 3.8) is 0 Å². The summed E-state index contributed by atoms with van der Waals surface area (Å²) in [6.07, 6.45) is 1.64. The molecule has 0 spiro atoms. The summed E-state index contributed by atoms with van der Waals surface area (Å²) >= 11 is 6.87. The number of aromatic nitrogens is 2. The van der Waals surface area contributed by atoms with Gasteiger partial charge in [0.25, 0.3) is 5.56 Å². The minimum absolute atomic E-state index is 0.0133. The first-order chi connectivity index (χ1) is 8.62. The minimum Gasteiger partial charge on any atom is -0.381 e. The van der Waals surface area contributed by atoms with E-state index in [-0.39, 0.29) is 11.1 Å². The van der Waals surface area contributed by atoms with Crippen LogP contribution in [0.4, 0.5) is 0 Å². The maximum Gasteiger partial charge on any atom is 0.263 e. The summed E-state index contributed by atoms with van der Waals surface area (Å²) in [5.74, 6) is 0. The van der Waals surface area contributed by atoms with Crippen molar-refractivity contribution in [1.82, 2.24) is 9.55 Å². The molecule has 1 aliphatic rings. The van der Waals surface area contributed by atoms with Crippen LogP contribution >= 0.6 is 23.6 Å². The molecule has 4 nitrogen and oxygen atoms in total. The van der Waals surface area contributed by atoms with Crippen LogP contribution in [0.5, 0.6) is 0 Å². The van der Waals surface area contributed by atoms with Crippen LogP contribution in [-0.4, -0.2) is 22.8 Å². The minimum atomic E-state index is -0.237. The summed E-state index contributed by atoms with van der Waals surface area (Å²) in [5.41, 5.74) is -0.224. The lowest BCUT2D eigenvalue weighted by Gasteiger charge is -2.35. The van der Waals surface area contributed by atoms with Crippen LogP contribution in [0.1, 0.15) is 19.8 Å². The zero-order valence-electron chi connectivity index (χ0n) is 10.1. The molecule has 0 bridgehead atoms. The number of nitrogens with zero attached hydrogens (tertiary/aromatic N) is 1. The van der Waals surface area contributed by atoms with Gasteiger partial charge in [0.15, 0.2) is 4.77 Å². The van der Waals surface area contributed by atoms with Gasteiger partial charge in [-0.15, -0.1) is 11.3 Å². The lowest BCUT2D eigenvalue weighted by atomic mass is 9.92. The van der Waals surface area contributed by atoms with E-state index in [4.69, 9.17) is 17.0 Å². The number of H-pyrrole nitrogens is 1. The number of fused-ring (bicyclic) bond motifs is 1. The van der Waals surface area contributed by atoms with Gasteiger partial charge in [-0.05, 0) is 43.4 Å². The maximum atomic E-state index is 12.6. The van der Waals surface area contributed by atoms with Crippen molar-refractivity contribution >= 4 is 33.8 Å². The van der Waals surface area contributed by atoms with Gasteiger partial charge in [-0.25, -0.2) is 0 Å². The Labute approximate surface area is 113 Å². The molecule has 0 aromatic carbocycles. The summed E-state index contributed by atoms with van der Waals surface area (Å²) < 4.78 is 7.63. The van der Waals surface area contributed by atoms with Crippen LogP contribution in [0, 0.1) is 4.77 Å². The SMILES string of the molecule is CC1(n2c(=S)[nH]c3sccc3c2=O)CCOCC1. The second-order valence-corrected chi connectivity index (χ2v) is 6.15. The van der Waals surface area contributed by atoms with Crippen molar-refractivity contribution < 1.29 is 4.74 Å². The topological polar surface area (TPSA) is 47.0 Å². The van der Waals surface area contributed by atoms with Gasteiger partial charge >= 0.3 is 0 Å². The molecule has 2 aromatic rings. The van der Waals surface area contributed by atoms with Gasteiger partial charge in [0.05, 0.1) is 10.9 Å². The first-order valence-electron chi connectivity index (χ1n) is 5.93. The number of rotatable bonds is 1. The molecular weight excluding hydrogens is 268 g/mol. The fourth-order valence-corrected chi connectivity index (χ4v) is 3.71. The Kier molecular flexibility index (Phi) is 2.88. The van der Waals surface area contributed by atoms with Crippen molar-refractivity contribution in [2.75, 3.05) is 13.2 Å². The van der Waals surface area contributed by atoms with Crippen molar-refractivity contribution in [3.8, 4) is 0 Å². The number of aromatic amines is 1. The molecule has 0 amide bonds. The molecule has 3 heterocycles. The van der Waals surface area contributed by atoms with E-state index in [1.54, 1.807) is 4.57 Å². The van der Waals surface area contributed by atoms with Crippen molar-refractivity contribution in [3.05, 3.63) is 26.6 Å². The Bertz CT molecular complexity index is 692. The van der Waals surface area contributed by atoms with E-state index < -0.39 is 0 Å². The maximum absolute atomic E-state index is 12.6. The van der Waals surface area contributed by atoms with Gasteiger partial charge in [-0.2, -0.15) is 0 Å². The predicted molar refractivity (Wildman–Crippen MR) is 75.0 cm³/mol. The summed E-state index contributed by atoms with van der Waals surface area (Å²) in [5, 5.41) is 2.63. The molecule has 96 valence electrons. The third kappa shape index (κ3) is 1.75. The third-order valence-corrected chi connectivity index (χ3v) is 4.75. The van der Waals surface area contributed by atoms with Gasteiger partial charge in [0, 0.05) is 13.2 Å². The first kappa shape index (κ1) is 12.1. The van der Waals surface area contributed by atoms with Gasteiger partial charge in [0.2, 0.25) is 0 Å². The van der Waals surface area contributed by atoms with E-state index in [1.165, 1.54) is 11.3 Å². The van der Waals surface area contributed by atoms with Crippen LogP contribution in [0.15, 0.2) is 16.2 Å². The Morgan fingerprint density at radius 3 is 2.94 bits per heavy atom. The Morgan fingerprint density at radius 1 is 1.50 bits per heavy atom. The van der Waals surface area contributed by atoms with Crippen LogP contribution < -0.4 is 5.56 Å². The molecule has 3 rings (SSSR count). The number of thiophene rings is 1. The van der Waals surface area contributed by atoms with Gasteiger partial charge < -0.3 is 9.72 Å². The number of hydrogen-bond donors (Lipinski definition) is 1. The van der Waals surface area contributed by atoms with Crippen LogP contribution in [0.2, 0.25) is 0 Å². The first-order valence-corrected chi connectivity index (χ1v) is 7.21. The molecule has 6 heteroatoms. The Balaban J connectivity index is 2.28. The molecule has 18 heavy (non-hydrogen) atoms. The monoisotopic (exact) mass is 282 g/mol. The predicted octanol–water partition coefficient (Wildman–Crippen LogP) is 2.65. The van der Waals surface area contributed by atoms with Crippen molar-refractivity contribution in [2.24, 2.45) is 0 Å². The quantitative estimate of drug-likeness (QED) is 0.818. The highest BCUT2D eigenvalue weighted by Crippen LogP contribution is 2.28. The van der Waals surface area contributed by atoms with Gasteiger partial charge in [0.1, 0.15) is 4.83 Å². The summed E-state index contributed by atoms with van der Waals surface area (Å²) in [4.78, 5) is 16.6. The fourth-order valence-electron chi connectivity index (χ4n) is 2.47. The molecule has 1 N–H and O–H groups in total. The second kappa shape index (κ2) is 4.29. The molecule has 0 saturated carbocycles. The van der Waals surface area contributed by atoms with Crippen molar-refractivity contribution in [2.45, 2.75) is 25.3 Å². The molecule has 0 aliphatic carbocycles. The molecule has 0 atom stereocenters. The van der Waals surface area contributed by atoms with E-state index in [1.807, 2.05) is 11.4 Å². The molecule has 1 fully saturated rings. The van der Waals surface area contributed by atoms with Gasteiger partial charge in [-0.3, -0.25) is 9.36 Å². The summed E-state index contributed by atoms with van der Waals surface area (Å²) in [7, 11) is 0. The highest BCUT2D eigenvalue weighted by molar-refractivity contribution is 7.71. The normalized spacial score (nSPS) is 19.2. The van der Waals surface area contributed by atoms with E-state index >= 15 is 0 Å². The third-order valence-electron chi connectivity index (χ3n) is 3.63. The van der Waals surface area contributed by atoms with Crippen LogP contribution in [0.3, 0.4) is 0 Å². The van der Waals surface area contributed by atoms with E-state index in [9.17, 15) is 4.79 Å². The van der Waals surface area contributed by atoms with Crippen LogP contribution in [0.25, 0.3) is 10.2 Å². The average Bonchev–Trinajstić information content (AvgIpc) is 2.77. The van der Waals surface area contributed by atoms with Crippen LogP contribution in [-0.2, 0) is 10.3 Å². The summed E-state index contributed by atoms with van der Waals surface area (Å²) in [6.45, 7) is 3.44. The Hall–Kier alpha value is -0.980. The molecule has 2 aromatic heterocycles. The Morgan fingerprint density at radius 2 is 2.22 bits per heavy atom. The van der Waals surface area contributed by atoms with E-state index in [2.05, 4.69) is 11.9 Å². The number of nitrogens with one attached hydrogen (secondary N) is 1. The summed E-state index contributed by atoms with van der Waals surface area (Å²) in [6, 6.07) is 1.85. The number of hydrogen-bond acceptors (Lipinski definition) is 4. The lowest BCUT2D eigenvalue weighted by Crippen LogP contribution is -2.43. The fraction of sp³-hybridized carbons (Fsp3) is 0.500.